The molecule has 0 saturated heterocycles. The predicted molar refractivity (Wildman–Crippen MR) is 73.1 cm³/mol. The molecule has 1 aromatic rings. The number of aromatic amines is 1. The summed E-state index contributed by atoms with van der Waals surface area (Å²) in [5.41, 5.74) is 0.707. The molecule has 1 aromatic heterocycles. The van der Waals surface area contributed by atoms with Crippen molar-refractivity contribution >= 4 is 11.9 Å². The molecule has 20 heavy (non-hydrogen) atoms. The van der Waals surface area contributed by atoms with Crippen molar-refractivity contribution in [2.24, 2.45) is 5.92 Å². The van der Waals surface area contributed by atoms with E-state index < -0.39 is 12.0 Å². The maximum absolute atomic E-state index is 12.2. The molecule has 6 nitrogen and oxygen atoms in total. The average molecular weight is 279 g/mol. The van der Waals surface area contributed by atoms with E-state index in [1.54, 1.807) is 6.20 Å². The number of carbonyl (C=O) groups excluding carboxylic acids is 1. The summed E-state index contributed by atoms with van der Waals surface area (Å²) >= 11 is 0. The van der Waals surface area contributed by atoms with Crippen LogP contribution < -0.4 is 5.32 Å². The summed E-state index contributed by atoms with van der Waals surface area (Å²) < 4.78 is 0. The molecule has 1 aliphatic carbocycles. The number of amides is 1. The number of carbonyl (C=O) groups is 2. The Morgan fingerprint density at radius 1 is 1.35 bits per heavy atom. The predicted octanol–water partition coefficient (Wildman–Crippen LogP) is 1.49. The highest BCUT2D eigenvalue weighted by Crippen LogP contribution is 2.23. The van der Waals surface area contributed by atoms with Crippen molar-refractivity contribution in [2.45, 2.75) is 51.0 Å². The van der Waals surface area contributed by atoms with Crippen LogP contribution in [0, 0.1) is 5.92 Å². The van der Waals surface area contributed by atoms with Crippen LogP contribution in [0.2, 0.25) is 0 Å². The maximum Gasteiger partial charge on any atom is 0.326 e. The second kappa shape index (κ2) is 7.07. The van der Waals surface area contributed by atoms with Crippen LogP contribution in [0.25, 0.3) is 0 Å². The third-order valence-electron chi connectivity index (χ3n) is 3.82. The molecule has 0 unspecified atom stereocenters. The molecule has 1 aliphatic rings. The van der Waals surface area contributed by atoms with E-state index in [-0.39, 0.29) is 18.2 Å². The maximum atomic E-state index is 12.2. The number of carboxylic acid groups (broad SMARTS) is 1. The second-order valence-corrected chi connectivity index (χ2v) is 5.37. The first-order chi connectivity index (χ1) is 9.66. The Balaban J connectivity index is 1.93. The third-order valence-corrected chi connectivity index (χ3v) is 3.82. The zero-order valence-corrected chi connectivity index (χ0v) is 11.5. The van der Waals surface area contributed by atoms with Crippen LogP contribution in [-0.2, 0) is 16.0 Å². The molecular weight excluding hydrogens is 258 g/mol. The van der Waals surface area contributed by atoms with E-state index >= 15 is 0 Å². The molecule has 110 valence electrons. The van der Waals surface area contributed by atoms with Gasteiger partial charge in [0.1, 0.15) is 6.04 Å². The van der Waals surface area contributed by atoms with Crippen LogP contribution in [0.15, 0.2) is 12.5 Å². The SMILES string of the molecule is O=C(N[C@@H](Cc1cnc[nH]1)C(=O)O)C1CCCCCC1. The molecule has 1 amide bonds. The Bertz CT molecular complexity index is 437. The van der Waals surface area contributed by atoms with Gasteiger partial charge in [-0.15, -0.1) is 0 Å². The molecule has 0 bridgehead atoms. The molecule has 0 aromatic carbocycles. The number of hydrogen-bond acceptors (Lipinski definition) is 3. The Labute approximate surface area is 118 Å². The highest BCUT2D eigenvalue weighted by molar-refractivity contribution is 5.85. The van der Waals surface area contributed by atoms with Crippen molar-refractivity contribution in [1.29, 1.82) is 0 Å². The molecule has 3 N–H and O–H groups in total. The van der Waals surface area contributed by atoms with Gasteiger partial charge in [-0.3, -0.25) is 4.79 Å². The second-order valence-electron chi connectivity index (χ2n) is 5.37. The third kappa shape index (κ3) is 4.08. The number of hydrogen-bond donors (Lipinski definition) is 3. The average Bonchev–Trinajstić information content (AvgIpc) is 2.77. The minimum Gasteiger partial charge on any atom is -0.480 e. The Morgan fingerprint density at radius 2 is 2.05 bits per heavy atom. The number of H-pyrrole nitrogens is 1. The standard InChI is InChI=1S/C14H21N3O3/c18-13(10-5-3-1-2-4-6-10)17-12(14(19)20)7-11-8-15-9-16-11/h8-10,12H,1-7H2,(H,15,16)(H,17,18)(H,19,20)/t12-/m0/s1. The zero-order valence-electron chi connectivity index (χ0n) is 11.5. The summed E-state index contributed by atoms with van der Waals surface area (Å²) in [6, 6.07) is -0.897. The van der Waals surface area contributed by atoms with Crippen molar-refractivity contribution < 1.29 is 14.7 Å². The van der Waals surface area contributed by atoms with Gasteiger partial charge in [-0.25, -0.2) is 9.78 Å². The van der Waals surface area contributed by atoms with Gasteiger partial charge in [-0.05, 0) is 12.8 Å². The van der Waals surface area contributed by atoms with Gasteiger partial charge in [-0.1, -0.05) is 25.7 Å². The summed E-state index contributed by atoms with van der Waals surface area (Å²) in [5.74, 6) is -1.18. The van der Waals surface area contributed by atoms with Gasteiger partial charge in [-0.2, -0.15) is 0 Å². The number of rotatable bonds is 5. The van der Waals surface area contributed by atoms with Crippen molar-refractivity contribution in [3.05, 3.63) is 18.2 Å². The molecular formula is C14H21N3O3. The monoisotopic (exact) mass is 279 g/mol. The van der Waals surface area contributed by atoms with Crippen molar-refractivity contribution in [2.75, 3.05) is 0 Å². The summed E-state index contributed by atoms with van der Waals surface area (Å²) in [7, 11) is 0. The van der Waals surface area contributed by atoms with Gasteiger partial charge in [0.25, 0.3) is 0 Å². The van der Waals surface area contributed by atoms with Crippen molar-refractivity contribution in [3.63, 3.8) is 0 Å². The number of aliphatic carboxylic acids is 1. The molecule has 1 saturated carbocycles. The van der Waals surface area contributed by atoms with Gasteiger partial charge in [0, 0.05) is 24.2 Å². The van der Waals surface area contributed by atoms with Crippen LogP contribution in [0.3, 0.4) is 0 Å². The zero-order chi connectivity index (χ0) is 14.4. The normalized spacial score (nSPS) is 18.2. The number of carboxylic acids is 1. The first kappa shape index (κ1) is 14.6. The molecule has 0 radical (unpaired) electrons. The molecule has 1 fully saturated rings. The number of aromatic nitrogens is 2. The van der Waals surface area contributed by atoms with Crippen LogP contribution in [0.1, 0.15) is 44.2 Å². The van der Waals surface area contributed by atoms with Gasteiger partial charge in [0.15, 0.2) is 0 Å². The smallest absolute Gasteiger partial charge is 0.326 e. The molecule has 0 aliphatic heterocycles. The lowest BCUT2D eigenvalue weighted by Crippen LogP contribution is -2.45. The fraction of sp³-hybridized carbons (Fsp3) is 0.643. The van der Waals surface area contributed by atoms with Crippen LogP contribution >= 0.6 is 0 Å². The minimum absolute atomic E-state index is 0.0406. The Kier molecular flexibility index (Phi) is 5.15. The summed E-state index contributed by atoms with van der Waals surface area (Å²) in [5, 5.41) is 11.9. The molecule has 1 atom stereocenters. The molecule has 2 rings (SSSR count). The van der Waals surface area contributed by atoms with Gasteiger partial charge in [0.05, 0.1) is 6.33 Å². The molecule has 6 heteroatoms. The topological polar surface area (TPSA) is 95.1 Å². The Morgan fingerprint density at radius 3 is 2.60 bits per heavy atom. The highest BCUT2D eigenvalue weighted by Gasteiger charge is 2.26. The van der Waals surface area contributed by atoms with E-state index in [4.69, 9.17) is 0 Å². The lowest BCUT2D eigenvalue weighted by atomic mass is 9.98. The van der Waals surface area contributed by atoms with Gasteiger partial charge in [0.2, 0.25) is 5.91 Å². The van der Waals surface area contributed by atoms with Crippen LogP contribution in [-0.4, -0.2) is 33.0 Å². The van der Waals surface area contributed by atoms with E-state index in [9.17, 15) is 14.7 Å². The lowest BCUT2D eigenvalue weighted by Gasteiger charge is -2.18. The summed E-state index contributed by atoms with van der Waals surface area (Å²) in [6.07, 6.45) is 9.47. The number of nitrogens with zero attached hydrogens (tertiary/aromatic N) is 1. The Hall–Kier alpha value is -1.85. The van der Waals surface area contributed by atoms with Crippen molar-refractivity contribution in [3.8, 4) is 0 Å². The fourth-order valence-electron chi connectivity index (χ4n) is 2.65. The first-order valence-electron chi connectivity index (χ1n) is 7.17. The fourth-order valence-corrected chi connectivity index (χ4v) is 2.65. The lowest BCUT2D eigenvalue weighted by molar-refractivity contribution is -0.142. The first-order valence-corrected chi connectivity index (χ1v) is 7.17. The largest absolute Gasteiger partial charge is 0.480 e. The van der Waals surface area contributed by atoms with Gasteiger partial charge < -0.3 is 15.4 Å². The van der Waals surface area contributed by atoms with E-state index in [2.05, 4.69) is 15.3 Å². The summed E-state index contributed by atoms with van der Waals surface area (Å²) in [6.45, 7) is 0. The summed E-state index contributed by atoms with van der Waals surface area (Å²) in [4.78, 5) is 30.2. The van der Waals surface area contributed by atoms with E-state index in [1.807, 2.05) is 0 Å². The highest BCUT2D eigenvalue weighted by atomic mass is 16.4. The molecule has 1 heterocycles. The van der Waals surface area contributed by atoms with E-state index in [0.29, 0.717) is 5.69 Å². The molecule has 0 spiro atoms. The number of nitrogens with one attached hydrogen (secondary N) is 2. The minimum atomic E-state index is -1.01. The van der Waals surface area contributed by atoms with Gasteiger partial charge >= 0.3 is 5.97 Å². The quantitative estimate of drug-likeness (QED) is 0.712. The van der Waals surface area contributed by atoms with E-state index in [0.717, 1.165) is 25.7 Å². The van der Waals surface area contributed by atoms with E-state index in [1.165, 1.54) is 19.2 Å². The van der Waals surface area contributed by atoms with Crippen molar-refractivity contribution in [1.82, 2.24) is 15.3 Å². The van der Waals surface area contributed by atoms with Crippen LogP contribution in [0.4, 0.5) is 0 Å². The number of imidazole rings is 1. The van der Waals surface area contributed by atoms with Crippen LogP contribution in [0.5, 0.6) is 0 Å².